The zero-order valence-corrected chi connectivity index (χ0v) is 13.7. The lowest BCUT2D eigenvalue weighted by Gasteiger charge is -2.08. The van der Waals surface area contributed by atoms with Crippen LogP contribution in [0.4, 0.5) is 10.5 Å². The molecule has 2 amide bonds. The second-order valence-electron chi connectivity index (χ2n) is 5.06. The number of nitrogens with one attached hydrogen (secondary N) is 2. The van der Waals surface area contributed by atoms with Crippen molar-refractivity contribution in [3.8, 4) is 0 Å². The van der Waals surface area contributed by atoms with Crippen LogP contribution >= 0.6 is 11.8 Å². The number of thioether (sulfide) groups is 1. The van der Waals surface area contributed by atoms with E-state index in [0.29, 0.717) is 6.54 Å². The maximum absolute atomic E-state index is 11.8. The van der Waals surface area contributed by atoms with Crippen molar-refractivity contribution in [3.63, 3.8) is 0 Å². The first kappa shape index (κ1) is 16.4. The molecule has 0 aliphatic heterocycles. The molecule has 3 nitrogen and oxygen atoms in total. The van der Waals surface area contributed by atoms with Gasteiger partial charge in [0.1, 0.15) is 0 Å². The van der Waals surface area contributed by atoms with Gasteiger partial charge in [0.25, 0.3) is 0 Å². The maximum Gasteiger partial charge on any atom is 0.319 e. The molecule has 0 radical (unpaired) electrons. The van der Waals surface area contributed by atoms with Gasteiger partial charge in [-0.15, -0.1) is 11.8 Å². The van der Waals surface area contributed by atoms with Crippen molar-refractivity contribution in [2.75, 3.05) is 18.1 Å². The number of benzene rings is 2. The zero-order valence-electron chi connectivity index (χ0n) is 12.8. The van der Waals surface area contributed by atoms with Crippen molar-refractivity contribution >= 4 is 23.5 Å². The highest BCUT2D eigenvalue weighted by Crippen LogP contribution is 2.18. The number of unbranched alkanes of at least 4 members (excludes halogenated alkanes) is 1. The van der Waals surface area contributed by atoms with Crippen LogP contribution in [0.25, 0.3) is 0 Å². The Morgan fingerprint density at radius 3 is 2.64 bits per heavy atom. The Kier molecular flexibility index (Phi) is 6.84. The highest BCUT2D eigenvalue weighted by atomic mass is 32.2. The van der Waals surface area contributed by atoms with Gasteiger partial charge in [0.2, 0.25) is 0 Å². The largest absolute Gasteiger partial charge is 0.338 e. The molecule has 0 saturated carbocycles. The Labute approximate surface area is 136 Å². The average molecular weight is 314 g/mol. The topological polar surface area (TPSA) is 41.1 Å². The third-order valence-electron chi connectivity index (χ3n) is 3.35. The van der Waals surface area contributed by atoms with Gasteiger partial charge in [-0.25, -0.2) is 4.79 Å². The molecule has 2 aromatic rings. The first-order valence-corrected chi connectivity index (χ1v) is 8.73. The van der Waals surface area contributed by atoms with E-state index in [0.717, 1.165) is 29.8 Å². The minimum atomic E-state index is -0.141. The minimum absolute atomic E-state index is 0.141. The van der Waals surface area contributed by atoms with Gasteiger partial charge in [0.05, 0.1) is 0 Å². The lowest BCUT2D eigenvalue weighted by Crippen LogP contribution is -2.29. The molecule has 2 N–H and O–H groups in total. The highest BCUT2D eigenvalue weighted by Gasteiger charge is 2.01. The SMILES string of the molecule is CSc1cccc(NC(=O)NCCCCc2ccccc2)c1. The number of amides is 2. The number of urea groups is 1. The summed E-state index contributed by atoms with van der Waals surface area (Å²) < 4.78 is 0. The van der Waals surface area contributed by atoms with Crippen molar-refractivity contribution in [2.24, 2.45) is 0 Å². The molecule has 0 fully saturated rings. The minimum Gasteiger partial charge on any atom is -0.338 e. The van der Waals surface area contributed by atoms with Gasteiger partial charge in [0.15, 0.2) is 0 Å². The maximum atomic E-state index is 11.8. The molecule has 0 aliphatic carbocycles. The van der Waals surface area contributed by atoms with E-state index in [-0.39, 0.29) is 6.03 Å². The van der Waals surface area contributed by atoms with E-state index in [1.54, 1.807) is 11.8 Å². The number of carbonyl (C=O) groups is 1. The van der Waals surface area contributed by atoms with Crippen LogP contribution < -0.4 is 10.6 Å². The van der Waals surface area contributed by atoms with Gasteiger partial charge in [0, 0.05) is 17.1 Å². The van der Waals surface area contributed by atoms with Gasteiger partial charge >= 0.3 is 6.03 Å². The second-order valence-corrected chi connectivity index (χ2v) is 5.94. The fourth-order valence-electron chi connectivity index (χ4n) is 2.18. The van der Waals surface area contributed by atoms with Gasteiger partial charge in [-0.05, 0) is 49.3 Å². The summed E-state index contributed by atoms with van der Waals surface area (Å²) in [6.45, 7) is 0.695. The predicted octanol–water partition coefficient (Wildman–Crippen LogP) is 4.55. The molecular weight excluding hydrogens is 292 g/mol. The smallest absolute Gasteiger partial charge is 0.319 e. The van der Waals surface area contributed by atoms with E-state index < -0.39 is 0 Å². The van der Waals surface area contributed by atoms with Crippen LogP contribution in [-0.4, -0.2) is 18.8 Å². The molecule has 0 heterocycles. The van der Waals surface area contributed by atoms with Crippen LogP contribution in [0, 0.1) is 0 Å². The summed E-state index contributed by atoms with van der Waals surface area (Å²) in [5, 5.41) is 5.76. The average Bonchev–Trinajstić information content (AvgIpc) is 2.55. The monoisotopic (exact) mass is 314 g/mol. The van der Waals surface area contributed by atoms with Crippen LogP contribution in [0.2, 0.25) is 0 Å². The van der Waals surface area contributed by atoms with Crippen molar-refractivity contribution in [3.05, 3.63) is 60.2 Å². The van der Waals surface area contributed by atoms with E-state index in [1.807, 2.05) is 36.6 Å². The summed E-state index contributed by atoms with van der Waals surface area (Å²) in [5.74, 6) is 0. The summed E-state index contributed by atoms with van der Waals surface area (Å²) >= 11 is 1.66. The van der Waals surface area contributed by atoms with E-state index in [2.05, 4.69) is 34.9 Å². The quantitative estimate of drug-likeness (QED) is 0.581. The lowest BCUT2D eigenvalue weighted by molar-refractivity contribution is 0.252. The molecular formula is C18H22N2OS. The summed E-state index contributed by atoms with van der Waals surface area (Å²) in [6, 6.07) is 18.1. The number of hydrogen-bond acceptors (Lipinski definition) is 2. The van der Waals surface area contributed by atoms with Crippen molar-refractivity contribution in [2.45, 2.75) is 24.2 Å². The Morgan fingerprint density at radius 1 is 1.05 bits per heavy atom. The summed E-state index contributed by atoms with van der Waals surface area (Å²) in [4.78, 5) is 13.0. The summed E-state index contributed by atoms with van der Waals surface area (Å²) in [7, 11) is 0. The van der Waals surface area contributed by atoms with E-state index >= 15 is 0 Å². The van der Waals surface area contributed by atoms with E-state index in [1.165, 1.54) is 5.56 Å². The first-order chi connectivity index (χ1) is 10.8. The van der Waals surface area contributed by atoms with Crippen LogP contribution in [0.15, 0.2) is 59.5 Å². The molecule has 0 bridgehead atoms. The summed E-state index contributed by atoms with van der Waals surface area (Å²) in [6.07, 6.45) is 5.13. The fraction of sp³-hybridized carbons (Fsp3) is 0.278. The number of hydrogen-bond donors (Lipinski definition) is 2. The molecule has 0 spiro atoms. The molecule has 2 aromatic carbocycles. The zero-order chi connectivity index (χ0) is 15.6. The molecule has 4 heteroatoms. The van der Waals surface area contributed by atoms with E-state index in [9.17, 15) is 4.79 Å². The number of aryl methyl sites for hydroxylation is 1. The number of carbonyl (C=O) groups excluding carboxylic acids is 1. The molecule has 0 aromatic heterocycles. The van der Waals surface area contributed by atoms with Crippen LogP contribution in [0.5, 0.6) is 0 Å². The lowest BCUT2D eigenvalue weighted by atomic mass is 10.1. The molecule has 0 atom stereocenters. The second kappa shape index (κ2) is 9.15. The van der Waals surface area contributed by atoms with Crippen molar-refractivity contribution in [1.82, 2.24) is 5.32 Å². The molecule has 0 unspecified atom stereocenters. The molecule has 2 rings (SSSR count). The molecule has 0 saturated heterocycles. The Balaban J connectivity index is 1.63. The number of anilines is 1. The van der Waals surface area contributed by atoms with Crippen molar-refractivity contribution < 1.29 is 4.79 Å². The van der Waals surface area contributed by atoms with Crippen molar-refractivity contribution in [1.29, 1.82) is 0 Å². The van der Waals surface area contributed by atoms with Gasteiger partial charge < -0.3 is 10.6 Å². The van der Waals surface area contributed by atoms with Gasteiger partial charge in [-0.1, -0.05) is 36.4 Å². The Hall–Kier alpha value is -1.94. The highest BCUT2D eigenvalue weighted by molar-refractivity contribution is 7.98. The standard InChI is InChI=1S/C18H22N2OS/c1-22-17-12-7-11-16(14-17)20-18(21)19-13-6-5-10-15-8-3-2-4-9-15/h2-4,7-9,11-12,14H,5-6,10,13H2,1H3,(H2,19,20,21). The molecule has 22 heavy (non-hydrogen) atoms. The van der Waals surface area contributed by atoms with Crippen LogP contribution in [0.1, 0.15) is 18.4 Å². The van der Waals surface area contributed by atoms with E-state index in [4.69, 9.17) is 0 Å². The van der Waals surface area contributed by atoms with Crippen LogP contribution in [-0.2, 0) is 6.42 Å². The normalized spacial score (nSPS) is 10.2. The third kappa shape index (κ3) is 5.82. The van der Waals surface area contributed by atoms with Gasteiger partial charge in [-0.3, -0.25) is 0 Å². The Morgan fingerprint density at radius 2 is 1.86 bits per heavy atom. The number of rotatable bonds is 7. The molecule has 116 valence electrons. The summed E-state index contributed by atoms with van der Waals surface area (Å²) in [5.41, 5.74) is 2.18. The Bertz CT molecular complexity index is 587. The third-order valence-corrected chi connectivity index (χ3v) is 4.07. The van der Waals surface area contributed by atoms with Crippen LogP contribution in [0.3, 0.4) is 0 Å². The molecule has 0 aliphatic rings. The fourth-order valence-corrected chi connectivity index (χ4v) is 2.64. The first-order valence-electron chi connectivity index (χ1n) is 7.51. The predicted molar refractivity (Wildman–Crippen MR) is 94.6 cm³/mol. The van der Waals surface area contributed by atoms with Gasteiger partial charge in [-0.2, -0.15) is 0 Å².